The van der Waals surface area contributed by atoms with E-state index < -0.39 is 0 Å². The van der Waals surface area contributed by atoms with Crippen LogP contribution in [0.1, 0.15) is 29.8 Å². The zero-order valence-electron chi connectivity index (χ0n) is 21.4. The first-order valence-electron chi connectivity index (χ1n) is 12.3. The molecular weight excluding hydrogens is 468 g/mol. The Labute approximate surface area is 215 Å². The number of rotatable bonds is 7. The number of ether oxygens (including phenoxy) is 2. The monoisotopic (exact) mass is 498 g/mol. The zero-order valence-corrected chi connectivity index (χ0v) is 21.4. The van der Waals surface area contributed by atoms with Crippen LogP contribution in [-0.4, -0.2) is 53.1 Å². The predicted octanol–water partition coefficient (Wildman–Crippen LogP) is 4.77. The van der Waals surface area contributed by atoms with Crippen molar-refractivity contribution < 1.29 is 19.1 Å². The van der Waals surface area contributed by atoms with Gasteiger partial charge in [-0.05, 0) is 42.8 Å². The van der Waals surface area contributed by atoms with Gasteiger partial charge in [0.2, 0.25) is 5.91 Å². The molecule has 0 aliphatic carbocycles. The molecule has 190 valence electrons. The largest absolute Gasteiger partial charge is 0.497 e. The van der Waals surface area contributed by atoms with Crippen LogP contribution in [0.5, 0.6) is 11.5 Å². The lowest BCUT2D eigenvalue weighted by Crippen LogP contribution is -2.36. The summed E-state index contributed by atoms with van der Waals surface area (Å²) in [4.78, 5) is 32.3. The molecule has 1 aromatic heterocycles. The molecule has 0 fully saturated rings. The number of benzene rings is 3. The molecule has 0 spiro atoms. The van der Waals surface area contributed by atoms with Crippen LogP contribution in [0.3, 0.4) is 0 Å². The van der Waals surface area contributed by atoms with Gasteiger partial charge in [-0.1, -0.05) is 30.3 Å². The van der Waals surface area contributed by atoms with Gasteiger partial charge in [0, 0.05) is 38.2 Å². The third kappa shape index (κ3) is 4.74. The number of nitrogens with one attached hydrogen (secondary N) is 1. The van der Waals surface area contributed by atoms with Gasteiger partial charge in [0.1, 0.15) is 23.4 Å². The smallest absolute Gasteiger partial charge is 0.256 e. The Balaban J connectivity index is 1.55. The molecule has 1 atom stereocenters. The highest BCUT2D eigenvalue weighted by Crippen LogP contribution is 2.33. The molecule has 0 saturated carbocycles. The SMILES string of the molecule is CCn1c(-c2cccc(OC)c2)nc2cc(NC(C)=O)cc(C(=O)N(C)CC3Cc4ccccc4O3)c21. The van der Waals surface area contributed by atoms with Gasteiger partial charge < -0.3 is 24.3 Å². The normalized spacial score (nSPS) is 14.2. The lowest BCUT2D eigenvalue weighted by Gasteiger charge is -2.22. The van der Waals surface area contributed by atoms with Gasteiger partial charge in [0.25, 0.3) is 5.91 Å². The van der Waals surface area contributed by atoms with Crippen LogP contribution in [0.15, 0.2) is 60.7 Å². The van der Waals surface area contributed by atoms with E-state index in [1.54, 1.807) is 31.2 Å². The average molecular weight is 499 g/mol. The van der Waals surface area contributed by atoms with E-state index in [0.29, 0.717) is 29.9 Å². The molecule has 1 aliphatic heterocycles. The highest BCUT2D eigenvalue weighted by atomic mass is 16.5. The second-order valence-corrected chi connectivity index (χ2v) is 9.22. The molecule has 8 nitrogen and oxygen atoms in total. The molecule has 1 aliphatic rings. The number of imidazole rings is 1. The maximum absolute atomic E-state index is 13.9. The predicted molar refractivity (Wildman–Crippen MR) is 143 cm³/mol. The molecule has 1 N–H and O–H groups in total. The quantitative estimate of drug-likeness (QED) is 0.397. The highest BCUT2D eigenvalue weighted by Gasteiger charge is 2.28. The number of likely N-dealkylation sites (N-methyl/N-ethyl adjacent to an activating group) is 1. The Hall–Kier alpha value is -4.33. The number of carbonyl (C=O) groups excluding carboxylic acids is 2. The van der Waals surface area contributed by atoms with E-state index in [1.165, 1.54) is 6.92 Å². The van der Waals surface area contributed by atoms with Crippen LogP contribution >= 0.6 is 0 Å². The topological polar surface area (TPSA) is 85.7 Å². The molecule has 1 unspecified atom stereocenters. The van der Waals surface area contributed by atoms with Crippen LogP contribution < -0.4 is 14.8 Å². The number of fused-ring (bicyclic) bond motifs is 2. The van der Waals surface area contributed by atoms with Gasteiger partial charge in [-0.2, -0.15) is 0 Å². The van der Waals surface area contributed by atoms with Crippen molar-refractivity contribution in [1.82, 2.24) is 14.5 Å². The van der Waals surface area contributed by atoms with Gasteiger partial charge in [-0.25, -0.2) is 4.98 Å². The molecule has 3 aromatic carbocycles. The number of para-hydroxylation sites is 1. The summed E-state index contributed by atoms with van der Waals surface area (Å²) in [6.45, 7) is 4.50. The van der Waals surface area contributed by atoms with Crippen molar-refractivity contribution in [2.24, 2.45) is 0 Å². The third-order valence-corrected chi connectivity index (χ3v) is 6.57. The maximum Gasteiger partial charge on any atom is 0.256 e. The van der Waals surface area contributed by atoms with Crippen molar-refractivity contribution in [3.63, 3.8) is 0 Å². The van der Waals surface area contributed by atoms with E-state index in [4.69, 9.17) is 14.5 Å². The fraction of sp³-hybridized carbons (Fsp3) is 0.276. The summed E-state index contributed by atoms with van der Waals surface area (Å²) < 4.78 is 13.5. The van der Waals surface area contributed by atoms with Crippen molar-refractivity contribution >= 4 is 28.5 Å². The summed E-state index contributed by atoms with van der Waals surface area (Å²) in [5.74, 6) is 1.94. The highest BCUT2D eigenvalue weighted by molar-refractivity contribution is 6.08. The van der Waals surface area contributed by atoms with Crippen molar-refractivity contribution in [2.45, 2.75) is 32.9 Å². The molecule has 8 heteroatoms. The summed E-state index contributed by atoms with van der Waals surface area (Å²) in [6.07, 6.45) is 0.631. The van der Waals surface area contributed by atoms with E-state index in [9.17, 15) is 9.59 Å². The Kier molecular flexibility index (Phi) is 6.56. The van der Waals surface area contributed by atoms with Crippen LogP contribution in [0.25, 0.3) is 22.4 Å². The van der Waals surface area contributed by atoms with Crippen LogP contribution in [0.4, 0.5) is 5.69 Å². The number of anilines is 1. The molecular formula is C29H30N4O4. The minimum atomic E-state index is -0.217. The minimum absolute atomic E-state index is 0.121. The number of amides is 2. The number of hydrogen-bond acceptors (Lipinski definition) is 5. The van der Waals surface area contributed by atoms with Crippen LogP contribution in [0, 0.1) is 0 Å². The average Bonchev–Trinajstić information content (AvgIpc) is 3.47. The van der Waals surface area contributed by atoms with Crippen molar-refractivity contribution in [1.29, 1.82) is 0 Å². The van der Waals surface area contributed by atoms with E-state index in [0.717, 1.165) is 40.4 Å². The summed E-state index contributed by atoms with van der Waals surface area (Å²) in [7, 11) is 3.40. The fourth-order valence-corrected chi connectivity index (χ4v) is 4.95. The molecule has 0 bridgehead atoms. The summed E-state index contributed by atoms with van der Waals surface area (Å²) in [6, 6.07) is 19.2. The lowest BCUT2D eigenvalue weighted by molar-refractivity contribution is -0.114. The molecule has 0 radical (unpaired) electrons. The van der Waals surface area contributed by atoms with Gasteiger partial charge in [0.05, 0.1) is 30.3 Å². The molecule has 0 saturated heterocycles. The first-order chi connectivity index (χ1) is 17.9. The van der Waals surface area contributed by atoms with Crippen LogP contribution in [0.2, 0.25) is 0 Å². The zero-order chi connectivity index (χ0) is 26.1. The van der Waals surface area contributed by atoms with E-state index >= 15 is 0 Å². The van der Waals surface area contributed by atoms with E-state index in [-0.39, 0.29) is 17.9 Å². The number of aromatic nitrogens is 2. The number of methoxy groups -OCH3 is 1. The van der Waals surface area contributed by atoms with Crippen molar-refractivity contribution in [3.8, 4) is 22.9 Å². The Morgan fingerprint density at radius 3 is 2.70 bits per heavy atom. The molecule has 5 rings (SSSR count). The number of hydrogen-bond donors (Lipinski definition) is 1. The first-order valence-corrected chi connectivity index (χ1v) is 12.3. The molecule has 37 heavy (non-hydrogen) atoms. The van der Waals surface area contributed by atoms with Gasteiger partial charge >= 0.3 is 0 Å². The molecule has 2 heterocycles. The second-order valence-electron chi connectivity index (χ2n) is 9.22. The Morgan fingerprint density at radius 1 is 1.16 bits per heavy atom. The van der Waals surface area contributed by atoms with Gasteiger partial charge in [0.15, 0.2) is 0 Å². The first kappa shape index (κ1) is 24.4. The fourth-order valence-electron chi connectivity index (χ4n) is 4.95. The van der Waals surface area contributed by atoms with E-state index in [1.807, 2.05) is 54.0 Å². The third-order valence-electron chi connectivity index (χ3n) is 6.57. The summed E-state index contributed by atoms with van der Waals surface area (Å²) in [5, 5.41) is 2.82. The lowest BCUT2D eigenvalue weighted by atomic mass is 10.1. The number of aryl methyl sites for hydroxylation is 1. The molecule has 4 aromatic rings. The van der Waals surface area contributed by atoms with Crippen molar-refractivity contribution in [3.05, 3.63) is 71.8 Å². The van der Waals surface area contributed by atoms with Gasteiger partial charge in [-0.15, -0.1) is 0 Å². The molecule has 2 amide bonds. The number of carbonyl (C=O) groups is 2. The number of nitrogens with zero attached hydrogens (tertiary/aromatic N) is 3. The maximum atomic E-state index is 13.9. The Morgan fingerprint density at radius 2 is 1.97 bits per heavy atom. The summed E-state index contributed by atoms with van der Waals surface area (Å²) >= 11 is 0. The minimum Gasteiger partial charge on any atom is -0.497 e. The summed E-state index contributed by atoms with van der Waals surface area (Å²) in [5.41, 5.74) is 4.38. The Bertz CT molecular complexity index is 1470. The van der Waals surface area contributed by atoms with Crippen LogP contribution in [-0.2, 0) is 17.8 Å². The van der Waals surface area contributed by atoms with Gasteiger partial charge in [-0.3, -0.25) is 9.59 Å². The van der Waals surface area contributed by atoms with E-state index in [2.05, 4.69) is 11.4 Å². The van der Waals surface area contributed by atoms with Crippen molar-refractivity contribution in [2.75, 3.05) is 26.0 Å². The second kappa shape index (κ2) is 9.97. The standard InChI is InChI=1S/C29H30N4O4/c1-5-33-27-24(29(35)32(3)17-23-13-19-9-6-7-12-26(19)37-23)15-21(30-18(2)34)16-25(27)31-28(33)20-10-8-11-22(14-20)36-4/h6-12,14-16,23H,5,13,17H2,1-4H3,(H,30,34).